The van der Waals surface area contributed by atoms with Crippen LogP contribution in [0.25, 0.3) is 0 Å². The van der Waals surface area contributed by atoms with Gasteiger partial charge in [-0.2, -0.15) is 13.2 Å². The molecule has 1 unspecified atom stereocenters. The van der Waals surface area contributed by atoms with E-state index in [1.807, 2.05) is 4.90 Å². The summed E-state index contributed by atoms with van der Waals surface area (Å²) in [6.45, 7) is 3.00. The average Bonchev–Trinajstić information content (AvgIpc) is 2.84. The number of fused-ring (bicyclic) bond motifs is 1. The van der Waals surface area contributed by atoms with Gasteiger partial charge in [-0.3, -0.25) is 4.90 Å². The van der Waals surface area contributed by atoms with E-state index in [4.69, 9.17) is 0 Å². The molecular formula is C25H26F3N5O. The van der Waals surface area contributed by atoms with Crippen molar-refractivity contribution in [1.29, 1.82) is 0 Å². The molecule has 3 heterocycles. The molecule has 0 radical (unpaired) electrons. The Balaban J connectivity index is 1.22. The monoisotopic (exact) mass is 469 g/mol. The molecule has 0 amide bonds. The molecule has 0 aliphatic carbocycles. The number of nitrogens with zero attached hydrogens (tertiary/aromatic N) is 4. The van der Waals surface area contributed by atoms with Crippen LogP contribution in [0, 0.1) is 0 Å². The van der Waals surface area contributed by atoms with Gasteiger partial charge in [0.25, 0.3) is 0 Å². The fourth-order valence-electron chi connectivity index (χ4n) is 4.83. The minimum Gasteiger partial charge on any atom is -0.390 e. The number of piperidine rings is 1. The van der Waals surface area contributed by atoms with Gasteiger partial charge in [0.05, 0.1) is 11.7 Å². The lowest BCUT2D eigenvalue weighted by Crippen LogP contribution is -2.55. The second kappa shape index (κ2) is 9.23. The summed E-state index contributed by atoms with van der Waals surface area (Å²) >= 11 is 0. The van der Waals surface area contributed by atoms with E-state index in [0.29, 0.717) is 23.9 Å². The van der Waals surface area contributed by atoms with Gasteiger partial charge in [0, 0.05) is 44.0 Å². The molecule has 1 fully saturated rings. The molecule has 0 spiro atoms. The zero-order valence-corrected chi connectivity index (χ0v) is 18.5. The summed E-state index contributed by atoms with van der Waals surface area (Å²) in [5.41, 5.74) is 2.52. The summed E-state index contributed by atoms with van der Waals surface area (Å²) < 4.78 is 38.3. The highest BCUT2D eigenvalue weighted by atomic mass is 19.4. The summed E-state index contributed by atoms with van der Waals surface area (Å²) in [4.78, 5) is 12.9. The van der Waals surface area contributed by atoms with Gasteiger partial charge in [-0.1, -0.05) is 24.3 Å². The molecular weight excluding hydrogens is 443 g/mol. The van der Waals surface area contributed by atoms with Gasteiger partial charge < -0.3 is 15.3 Å². The molecule has 9 heteroatoms. The molecule has 2 atom stereocenters. The Morgan fingerprint density at radius 3 is 2.47 bits per heavy atom. The van der Waals surface area contributed by atoms with Gasteiger partial charge in [-0.15, -0.1) is 0 Å². The molecule has 34 heavy (non-hydrogen) atoms. The molecule has 1 saturated heterocycles. The molecule has 1 aromatic heterocycles. The maximum Gasteiger partial charge on any atom is 0.416 e. The van der Waals surface area contributed by atoms with Crippen LogP contribution in [0.2, 0.25) is 0 Å². The average molecular weight is 470 g/mol. The van der Waals surface area contributed by atoms with Crippen LogP contribution in [0.15, 0.2) is 60.9 Å². The number of aliphatic hydroxyl groups excluding tert-OH is 1. The lowest BCUT2D eigenvalue weighted by molar-refractivity contribution is -0.137. The highest BCUT2D eigenvalue weighted by molar-refractivity contribution is 5.59. The zero-order valence-electron chi connectivity index (χ0n) is 18.5. The van der Waals surface area contributed by atoms with Crippen molar-refractivity contribution in [3.05, 3.63) is 77.6 Å². The summed E-state index contributed by atoms with van der Waals surface area (Å²) in [6.07, 6.45) is -1.66. The van der Waals surface area contributed by atoms with Gasteiger partial charge in [-0.25, -0.2) is 9.97 Å². The Morgan fingerprint density at radius 1 is 0.971 bits per heavy atom. The third kappa shape index (κ3) is 4.85. The smallest absolute Gasteiger partial charge is 0.390 e. The minimum absolute atomic E-state index is 0.0937. The number of rotatable bonds is 4. The molecule has 2 aromatic carbocycles. The highest BCUT2D eigenvalue weighted by Gasteiger charge is 2.34. The first-order valence-corrected chi connectivity index (χ1v) is 11.4. The fraction of sp³-hybridized carbons (Fsp3) is 0.360. The van der Waals surface area contributed by atoms with E-state index in [0.717, 1.165) is 44.6 Å². The Kier molecular flexibility index (Phi) is 6.14. The van der Waals surface area contributed by atoms with Gasteiger partial charge >= 0.3 is 6.18 Å². The van der Waals surface area contributed by atoms with Crippen LogP contribution in [-0.2, 0) is 19.1 Å². The minimum atomic E-state index is -4.37. The topological polar surface area (TPSA) is 64.5 Å². The van der Waals surface area contributed by atoms with Crippen molar-refractivity contribution < 1.29 is 18.3 Å². The molecule has 2 aliphatic rings. The third-order valence-electron chi connectivity index (χ3n) is 6.64. The first-order chi connectivity index (χ1) is 16.4. The number of aromatic nitrogens is 2. The van der Waals surface area contributed by atoms with Crippen LogP contribution in [0.1, 0.15) is 23.1 Å². The first-order valence-electron chi connectivity index (χ1n) is 11.4. The normalized spacial score (nSPS) is 21.2. The van der Waals surface area contributed by atoms with E-state index in [-0.39, 0.29) is 6.04 Å². The van der Waals surface area contributed by atoms with Crippen molar-refractivity contribution in [3.8, 4) is 0 Å². The van der Waals surface area contributed by atoms with Gasteiger partial charge in [0.2, 0.25) is 0 Å². The molecule has 5 rings (SSSR count). The van der Waals surface area contributed by atoms with E-state index in [9.17, 15) is 18.3 Å². The lowest BCUT2D eigenvalue weighted by atomic mass is 9.94. The standard InChI is InChI=1S/C25H26F3N5O/c26-25(27,28)19-5-7-20(8-6-19)31-23-13-24(30-16-29-23)33-12-10-21(22(34)15-33)32-11-9-17-3-1-2-4-18(17)14-32/h1-8,13,16,21-22,34H,9-12,14-15H2,(H,29,30,31)/t21?,22-/m0/s1. The van der Waals surface area contributed by atoms with Crippen molar-refractivity contribution in [2.75, 3.05) is 29.9 Å². The van der Waals surface area contributed by atoms with Crippen LogP contribution in [0.3, 0.4) is 0 Å². The van der Waals surface area contributed by atoms with Crippen LogP contribution >= 0.6 is 0 Å². The van der Waals surface area contributed by atoms with Crippen molar-refractivity contribution in [2.24, 2.45) is 0 Å². The second-order valence-electron chi connectivity index (χ2n) is 8.82. The number of alkyl halides is 3. The summed E-state index contributed by atoms with van der Waals surface area (Å²) in [6, 6.07) is 15.1. The van der Waals surface area contributed by atoms with E-state index in [2.05, 4.69) is 44.5 Å². The molecule has 178 valence electrons. The van der Waals surface area contributed by atoms with Crippen molar-refractivity contribution in [3.63, 3.8) is 0 Å². The quantitative estimate of drug-likeness (QED) is 0.596. The lowest BCUT2D eigenvalue weighted by Gasteiger charge is -2.43. The van der Waals surface area contributed by atoms with E-state index in [1.54, 1.807) is 6.07 Å². The molecule has 0 bridgehead atoms. The Bertz CT molecular complexity index is 1140. The Hall–Kier alpha value is -3.17. The van der Waals surface area contributed by atoms with Crippen molar-refractivity contribution >= 4 is 17.3 Å². The highest BCUT2D eigenvalue weighted by Crippen LogP contribution is 2.31. The van der Waals surface area contributed by atoms with Crippen LogP contribution in [0.4, 0.5) is 30.5 Å². The second-order valence-corrected chi connectivity index (χ2v) is 8.82. The molecule has 2 N–H and O–H groups in total. The fourth-order valence-corrected chi connectivity index (χ4v) is 4.83. The molecule has 2 aliphatic heterocycles. The Labute approximate surface area is 196 Å². The molecule has 6 nitrogen and oxygen atoms in total. The largest absolute Gasteiger partial charge is 0.416 e. The predicted molar refractivity (Wildman–Crippen MR) is 124 cm³/mol. The Morgan fingerprint density at radius 2 is 1.74 bits per heavy atom. The van der Waals surface area contributed by atoms with Crippen LogP contribution in [-0.4, -0.2) is 51.8 Å². The van der Waals surface area contributed by atoms with Crippen LogP contribution < -0.4 is 10.2 Å². The SMILES string of the molecule is O[C@H]1CN(c2cc(Nc3ccc(C(F)(F)F)cc3)ncn2)CCC1N1CCc2ccccc2C1. The number of anilines is 3. The number of benzene rings is 2. The number of nitrogens with one attached hydrogen (secondary N) is 1. The third-order valence-corrected chi connectivity index (χ3v) is 6.64. The van der Waals surface area contributed by atoms with E-state index >= 15 is 0 Å². The maximum absolute atomic E-state index is 12.8. The summed E-state index contributed by atoms with van der Waals surface area (Å²) in [5.74, 6) is 1.15. The van der Waals surface area contributed by atoms with E-state index < -0.39 is 17.8 Å². The van der Waals surface area contributed by atoms with E-state index in [1.165, 1.54) is 29.6 Å². The number of β-amino-alcohol motifs (C(OH)–C–C–N with tert-alkyl or cyclic N) is 1. The number of hydrogen-bond donors (Lipinski definition) is 2. The maximum atomic E-state index is 12.8. The van der Waals surface area contributed by atoms with Gasteiger partial charge in [0.1, 0.15) is 18.0 Å². The van der Waals surface area contributed by atoms with Crippen molar-refractivity contribution in [2.45, 2.75) is 37.7 Å². The zero-order chi connectivity index (χ0) is 23.7. The number of aliphatic hydroxyl groups is 1. The number of hydrogen-bond acceptors (Lipinski definition) is 6. The summed E-state index contributed by atoms with van der Waals surface area (Å²) in [7, 11) is 0. The molecule has 0 saturated carbocycles. The van der Waals surface area contributed by atoms with Crippen LogP contribution in [0.5, 0.6) is 0 Å². The summed E-state index contributed by atoms with van der Waals surface area (Å²) in [5, 5.41) is 14.0. The van der Waals surface area contributed by atoms with Gasteiger partial charge in [0.15, 0.2) is 0 Å². The first kappa shape index (κ1) is 22.6. The number of halogens is 3. The molecule has 3 aromatic rings. The predicted octanol–water partition coefficient (Wildman–Crippen LogP) is 4.24. The van der Waals surface area contributed by atoms with Crippen molar-refractivity contribution in [1.82, 2.24) is 14.9 Å². The van der Waals surface area contributed by atoms with Gasteiger partial charge in [-0.05, 0) is 48.2 Å².